The molecular weight excluding hydrogens is 201 g/mol. The van der Waals surface area contributed by atoms with Gasteiger partial charge in [-0.1, -0.05) is 24.6 Å². The Kier molecular flexibility index (Phi) is 4.36. The van der Waals surface area contributed by atoms with Crippen LogP contribution in [0.15, 0.2) is 18.2 Å². The molecule has 0 saturated heterocycles. The van der Waals surface area contributed by atoms with Crippen molar-refractivity contribution in [2.45, 2.75) is 25.8 Å². The highest BCUT2D eigenvalue weighted by Gasteiger charge is 2.08. The van der Waals surface area contributed by atoms with E-state index in [1.54, 1.807) is 6.07 Å². The molecule has 78 valence electrons. The lowest BCUT2D eigenvalue weighted by Gasteiger charge is -2.14. The molecule has 0 radical (unpaired) electrons. The van der Waals surface area contributed by atoms with Gasteiger partial charge in [0, 0.05) is 11.1 Å². The van der Waals surface area contributed by atoms with Crippen molar-refractivity contribution in [1.29, 1.82) is 0 Å². The average Bonchev–Trinajstić information content (AvgIpc) is 2.17. The third kappa shape index (κ3) is 2.96. The predicted octanol–water partition coefficient (Wildman–Crippen LogP) is 3.02. The van der Waals surface area contributed by atoms with Crippen molar-refractivity contribution in [3.05, 3.63) is 34.6 Å². The van der Waals surface area contributed by atoms with Crippen LogP contribution in [0.1, 0.15) is 18.9 Å². The fraction of sp³-hybridized carbons (Fsp3) is 0.455. The van der Waals surface area contributed by atoms with Gasteiger partial charge in [-0.05, 0) is 37.6 Å². The average molecular weight is 216 g/mol. The molecule has 0 aliphatic rings. The zero-order valence-electron chi connectivity index (χ0n) is 8.48. The maximum atomic E-state index is 12.7. The van der Waals surface area contributed by atoms with E-state index in [0.29, 0.717) is 11.1 Å². The molecule has 1 N–H and O–H groups in total. The minimum atomic E-state index is -0.281. The van der Waals surface area contributed by atoms with Gasteiger partial charge in [-0.15, -0.1) is 0 Å². The summed E-state index contributed by atoms with van der Waals surface area (Å²) < 4.78 is 12.7. The highest BCUT2D eigenvalue weighted by molar-refractivity contribution is 6.31. The van der Waals surface area contributed by atoms with Gasteiger partial charge in [-0.25, -0.2) is 4.39 Å². The molecule has 0 aliphatic heterocycles. The number of halogens is 2. The summed E-state index contributed by atoms with van der Waals surface area (Å²) in [6.45, 7) is 2.11. The van der Waals surface area contributed by atoms with Gasteiger partial charge in [0.25, 0.3) is 0 Å². The molecule has 0 fully saturated rings. The van der Waals surface area contributed by atoms with Crippen molar-refractivity contribution in [2.24, 2.45) is 0 Å². The van der Waals surface area contributed by atoms with Crippen LogP contribution >= 0.6 is 11.6 Å². The maximum Gasteiger partial charge on any atom is 0.124 e. The molecule has 0 spiro atoms. The molecule has 1 unspecified atom stereocenters. The lowest BCUT2D eigenvalue weighted by Crippen LogP contribution is -2.26. The SMILES string of the molecule is CCC(Cc1ccc(F)cc1Cl)NC. The van der Waals surface area contributed by atoms with Crippen LogP contribution in [-0.2, 0) is 6.42 Å². The predicted molar refractivity (Wildman–Crippen MR) is 58.3 cm³/mol. The van der Waals surface area contributed by atoms with Gasteiger partial charge in [0.05, 0.1) is 0 Å². The molecule has 0 saturated carbocycles. The Balaban J connectivity index is 2.76. The van der Waals surface area contributed by atoms with Gasteiger partial charge in [-0.3, -0.25) is 0 Å². The van der Waals surface area contributed by atoms with Gasteiger partial charge >= 0.3 is 0 Å². The molecule has 1 nitrogen and oxygen atoms in total. The van der Waals surface area contributed by atoms with Gasteiger partial charge in [0.1, 0.15) is 5.82 Å². The number of hydrogen-bond donors (Lipinski definition) is 1. The fourth-order valence-electron chi connectivity index (χ4n) is 1.40. The monoisotopic (exact) mass is 215 g/mol. The number of benzene rings is 1. The standard InChI is InChI=1S/C11H15ClFN/c1-3-10(14-2)6-8-4-5-9(13)7-11(8)12/h4-5,7,10,14H,3,6H2,1-2H3. The number of nitrogens with one attached hydrogen (secondary N) is 1. The van der Waals surface area contributed by atoms with E-state index >= 15 is 0 Å². The minimum Gasteiger partial charge on any atom is -0.317 e. The molecule has 0 bridgehead atoms. The molecule has 0 aromatic heterocycles. The zero-order chi connectivity index (χ0) is 10.6. The van der Waals surface area contributed by atoms with Crippen LogP contribution in [0.5, 0.6) is 0 Å². The minimum absolute atomic E-state index is 0.281. The molecule has 1 aromatic carbocycles. The quantitative estimate of drug-likeness (QED) is 0.814. The summed E-state index contributed by atoms with van der Waals surface area (Å²) in [5.74, 6) is -0.281. The van der Waals surface area contributed by atoms with Gasteiger partial charge in [0.2, 0.25) is 0 Å². The molecular formula is C11H15ClFN. The van der Waals surface area contributed by atoms with Crippen molar-refractivity contribution >= 4 is 11.6 Å². The first-order chi connectivity index (χ1) is 6.67. The molecule has 14 heavy (non-hydrogen) atoms. The Labute approximate surface area is 89.3 Å². The molecule has 1 rings (SSSR count). The van der Waals surface area contributed by atoms with E-state index < -0.39 is 0 Å². The van der Waals surface area contributed by atoms with Gasteiger partial charge in [0.15, 0.2) is 0 Å². The second-order valence-electron chi connectivity index (χ2n) is 3.33. The highest BCUT2D eigenvalue weighted by Crippen LogP contribution is 2.19. The Morgan fingerprint density at radius 3 is 2.71 bits per heavy atom. The molecule has 3 heteroatoms. The molecule has 1 atom stereocenters. The third-order valence-corrected chi connectivity index (χ3v) is 2.73. The molecule has 0 amide bonds. The zero-order valence-corrected chi connectivity index (χ0v) is 9.24. The second-order valence-corrected chi connectivity index (χ2v) is 3.74. The summed E-state index contributed by atoms with van der Waals surface area (Å²) in [5, 5.41) is 3.70. The molecule has 1 aromatic rings. The number of likely N-dealkylation sites (N-methyl/N-ethyl adjacent to an activating group) is 1. The normalized spacial score (nSPS) is 12.9. The van der Waals surface area contributed by atoms with Crippen molar-refractivity contribution in [2.75, 3.05) is 7.05 Å². The first kappa shape index (κ1) is 11.5. The lowest BCUT2D eigenvalue weighted by atomic mass is 10.0. The second kappa shape index (κ2) is 5.32. The van der Waals surface area contributed by atoms with Crippen molar-refractivity contribution in [3.8, 4) is 0 Å². The summed E-state index contributed by atoms with van der Waals surface area (Å²) in [7, 11) is 1.92. The Bertz CT molecular complexity index is 297. The van der Waals surface area contributed by atoms with Crippen LogP contribution < -0.4 is 5.32 Å². The highest BCUT2D eigenvalue weighted by atomic mass is 35.5. The van der Waals surface area contributed by atoms with E-state index in [9.17, 15) is 4.39 Å². The lowest BCUT2D eigenvalue weighted by molar-refractivity contribution is 0.542. The summed E-state index contributed by atoms with van der Waals surface area (Å²) in [6, 6.07) is 4.96. The Hall–Kier alpha value is -0.600. The maximum absolute atomic E-state index is 12.7. The van der Waals surface area contributed by atoms with E-state index in [1.807, 2.05) is 7.05 Å². The summed E-state index contributed by atoms with van der Waals surface area (Å²) in [6.07, 6.45) is 1.87. The van der Waals surface area contributed by atoms with Crippen molar-refractivity contribution in [1.82, 2.24) is 5.32 Å². The number of rotatable bonds is 4. The van der Waals surface area contributed by atoms with Gasteiger partial charge < -0.3 is 5.32 Å². The topological polar surface area (TPSA) is 12.0 Å². The van der Waals surface area contributed by atoms with E-state index in [0.717, 1.165) is 18.4 Å². The van der Waals surface area contributed by atoms with Crippen LogP contribution in [0.25, 0.3) is 0 Å². The van der Waals surface area contributed by atoms with Crippen LogP contribution in [0.4, 0.5) is 4.39 Å². The van der Waals surface area contributed by atoms with Crippen LogP contribution in [0.2, 0.25) is 5.02 Å². The van der Waals surface area contributed by atoms with E-state index in [4.69, 9.17) is 11.6 Å². The van der Waals surface area contributed by atoms with Gasteiger partial charge in [-0.2, -0.15) is 0 Å². The first-order valence-electron chi connectivity index (χ1n) is 4.78. The summed E-state index contributed by atoms with van der Waals surface area (Å²) in [4.78, 5) is 0. The third-order valence-electron chi connectivity index (χ3n) is 2.38. The van der Waals surface area contributed by atoms with E-state index in [2.05, 4.69) is 12.2 Å². The van der Waals surface area contributed by atoms with Crippen LogP contribution in [0, 0.1) is 5.82 Å². The van der Waals surface area contributed by atoms with E-state index in [1.165, 1.54) is 12.1 Å². The Morgan fingerprint density at radius 2 is 2.21 bits per heavy atom. The first-order valence-corrected chi connectivity index (χ1v) is 5.16. The Morgan fingerprint density at radius 1 is 1.50 bits per heavy atom. The fourth-order valence-corrected chi connectivity index (χ4v) is 1.65. The largest absolute Gasteiger partial charge is 0.317 e. The van der Waals surface area contributed by atoms with Crippen LogP contribution in [-0.4, -0.2) is 13.1 Å². The van der Waals surface area contributed by atoms with Crippen molar-refractivity contribution in [3.63, 3.8) is 0 Å². The molecule has 0 heterocycles. The van der Waals surface area contributed by atoms with Crippen LogP contribution in [0.3, 0.4) is 0 Å². The van der Waals surface area contributed by atoms with Crippen molar-refractivity contribution < 1.29 is 4.39 Å². The van der Waals surface area contributed by atoms with E-state index in [-0.39, 0.29) is 5.82 Å². The summed E-state index contributed by atoms with van der Waals surface area (Å²) in [5.41, 5.74) is 0.995. The smallest absolute Gasteiger partial charge is 0.124 e. The number of hydrogen-bond acceptors (Lipinski definition) is 1. The molecule has 0 aliphatic carbocycles. The summed E-state index contributed by atoms with van der Waals surface area (Å²) >= 11 is 5.92.